The van der Waals surface area contributed by atoms with Gasteiger partial charge in [0.1, 0.15) is 12.7 Å². The van der Waals surface area contributed by atoms with Gasteiger partial charge in [0.15, 0.2) is 6.10 Å². The van der Waals surface area contributed by atoms with E-state index in [1.165, 1.54) is 44.9 Å². The highest BCUT2D eigenvalue weighted by Crippen LogP contribution is 2.43. The number of rotatable bonds is 40. The van der Waals surface area contributed by atoms with Crippen LogP contribution in [0.15, 0.2) is 72.9 Å². The van der Waals surface area contributed by atoms with Gasteiger partial charge in [-0.15, -0.1) is 0 Å². The minimum absolute atomic E-state index is 0.0520. The molecule has 0 aliphatic carbocycles. The number of esters is 2. The highest BCUT2D eigenvalue weighted by molar-refractivity contribution is 7.47. The standard InChI is InChI=1S/C45H78O14P2/c1-4-6-26-32-41(46)33-28-23-19-15-10-8-7-9-11-16-20-24-29-34-44(48)55-38-43(39-58-61(53,54)57-37-42(47)36-56-60(50,51)52)59-45(49)35-30-25-21-17-13-12-14-18-22-27-31-40(3)5-2/h6,8-11,19-20,23-24,26,28,33,40-43,46-47H,4-5,7,12-18,21-22,25,27,29-32,34-39H2,1-3H3,(H,53,54)(H2,50,51,52)/b10-8-,11-9-,23-19+,24-20-,26-6-,33-28+/t40?,41?,42-,43+/m0/s1. The third kappa shape index (κ3) is 42.6. The minimum Gasteiger partial charge on any atom is -0.462 e. The normalized spacial score (nSPS) is 15.7. The van der Waals surface area contributed by atoms with E-state index in [9.17, 15) is 33.8 Å². The average Bonchev–Trinajstić information content (AvgIpc) is 3.21. The zero-order valence-corrected chi connectivity index (χ0v) is 38.8. The van der Waals surface area contributed by atoms with Gasteiger partial charge in [-0.1, -0.05) is 164 Å². The molecule has 0 rings (SSSR count). The quantitative estimate of drug-likeness (QED) is 0.0127. The number of phosphoric ester groups is 2. The second-order valence-electron chi connectivity index (χ2n) is 15.0. The van der Waals surface area contributed by atoms with Crippen molar-refractivity contribution >= 4 is 27.6 Å². The monoisotopic (exact) mass is 904 g/mol. The summed E-state index contributed by atoms with van der Waals surface area (Å²) in [5.41, 5.74) is 0. The SMILES string of the molecule is CC/C=C\CC(O)/C=C/C=C/C/C=C\C/C=C\C/C=C\CCC(=O)OC[C@H](COP(=O)(O)OC[C@@H](O)COP(=O)(O)O)OC(=O)CCCCCCCCCCCCC(C)CC. The van der Waals surface area contributed by atoms with E-state index < -0.39 is 72.3 Å². The number of allylic oxidation sites excluding steroid dienone is 10. The summed E-state index contributed by atoms with van der Waals surface area (Å²) in [5.74, 6) is -0.344. The summed E-state index contributed by atoms with van der Waals surface area (Å²) in [6, 6.07) is 0. The van der Waals surface area contributed by atoms with Crippen molar-refractivity contribution in [1.29, 1.82) is 0 Å². The summed E-state index contributed by atoms with van der Waals surface area (Å²) in [6.45, 7) is 3.77. The second kappa shape index (κ2) is 39.1. The Kier molecular flexibility index (Phi) is 37.5. The Morgan fingerprint density at radius 3 is 1.77 bits per heavy atom. The maximum absolute atomic E-state index is 12.7. The fourth-order valence-electron chi connectivity index (χ4n) is 5.49. The van der Waals surface area contributed by atoms with E-state index in [-0.39, 0.29) is 12.8 Å². The second-order valence-corrected chi connectivity index (χ2v) is 17.7. The molecule has 3 unspecified atom stereocenters. The minimum atomic E-state index is -4.88. The number of hydrogen-bond acceptors (Lipinski definition) is 11. The molecule has 0 saturated carbocycles. The van der Waals surface area contributed by atoms with Crippen molar-refractivity contribution < 1.29 is 66.7 Å². The van der Waals surface area contributed by atoms with Crippen LogP contribution in [0.2, 0.25) is 0 Å². The molecule has 0 aliphatic heterocycles. The Labute approximate surface area is 366 Å². The average molecular weight is 905 g/mol. The van der Waals surface area contributed by atoms with Crippen LogP contribution in [-0.4, -0.2) is 81.6 Å². The molecule has 61 heavy (non-hydrogen) atoms. The highest BCUT2D eigenvalue weighted by atomic mass is 31.2. The van der Waals surface area contributed by atoms with Gasteiger partial charge >= 0.3 is 27.6 Å². The number of carbonyl (C=O) groups excluding carboxylic acids is 2. The Bertz CT molecular complexity index is 1390. The summed E-state index contributed by atoms with van der Waals surface area (Å²) in [4.78, 5) is 52.7. The summed E-state index contributed by atoms with van der Waals surface area (Å²) in [6.07, 6.45) is 38.1. The molecule has 5 atom stereocenters. The van der Waals surface area contributed by atoms with Crippen LogP contribution in [0.1, 0.15) is 149 Å². The maximum atomic E-state index is 12.7. The molecule has 0 spiro atoms. The van der Waals surface area contributed by atoms with E-state index in [2.05, 4.69) is 42.0 Å². The molecule has 352 valence electrons. The molecule has 0 heterocycles. The lowest BCUT2D eigenvalue weighted by molar-refractivity contribution is -0.161. The van der Waals surface area contributed by atoms with Gasteiger partial charge in [0, 0.05) is 12.8 Å². The van der Waals surface area contributed by atoms with Crippen LogP contribution in [0.25, 0.3) is 0 Å². The molecule has 0 aromatic rings. The van der Waals surface area contributed by atoms with Crippen molar-refractivity contribution in [1.82, 2.24) is 0 Å². The zero-order chi connectivity index (χ0) is 45.5. The molecule has 0 bridgehead atoms. The summed E-state index contributed by atoms with van der Waals surface area (Å²) in [5, 5.41) is 19.6. The lowest BCUT2D eigenvalue weighted by Crippen LogP contribution is -2.29. The molecular formula is C45H78O14P2. The Morgan fingerprint density at radius 2 is 1.16 bits per heavy atom. The smallest absolute Gasteiger partial charge is 0.462 e. The summed E-state index contributed by atoms with van der Waals surface area (Å²) in [7, 11) is -9.71. The van der Waals surface area contributed by atoms with Gasteiger partial charge in [-0.25, -0.2) is 9.13 Å². The van der Waals surface area contributed by atoms with E-state index >= 15 is 0 Å². The molecule has 0 radical (unpaired) electrons. The lowest BCUT2D eigenvalue weighted by atomic mass is 9.99. The van der Waals surface area contributed by atoms with Gasteiger partial charge in [-0.2, -0.15) is 0 Å². The summed E-state index contributed by atoms with van der Waals surface area (Å²) >= 11 is 0. The number of hydrogen-bond donors (Lipinski definition) is 5. The largest absolute Gasteiger partial charge is 0.472 e. The van der Waals surface area contributed by atoms with Gasteiger partial charge < -0.3 is 34.4 Å². The van der Waals surface area contributed by atoms with Crippen LogP contribution < -0.4 is 0 Å². The Morgan fingerprint density at radius 1 is 0.607 bits per heavy atom. The van der Waals surface area contributed by atoms with Crippen LogP contribution in [-0.2, 0) is 41.8 Å². The van der Waals surface area contributed by atoms with Crippen molar-refractivity contribution in [3.05, 3.63) is 72.9 Å². The molecule has 0 amide bonds. The van der Waals surface area contributed by atoms with Crippen molar-refractivity contribution in [2.24, 2.45) is 5.92 Å². The number of unbranched alkanes of at least 4 members (excludes halogenated alkanes) is 9. The zero-order valence-electron chi connectivity index (χ0n) is 37.0. The molecule has 0 aromatic carbocycles. The number of aliphatic hydroxyl groups excluding tert-OH is 2. The first-order valence-corrected chi connectivity index (χ1v) is 25.2. The first-order valence-electron chi connectivity index (χ1n) is 22.1. The van der Waals surface area contributed by atoms with Crippen LogP contribution in [0.3, 0.4) is 0 Å². The van der Waals surface area contributed by atoms with Crippen LogP contribution in [0.5, 0.6) is 0 Å². The molecule has 0 aromatic heterocycles. The fourth-order valence-corrected chi connectivity index (χ4v) is 6.65. The van der Waals surface area contributed by atoms with E-state index in [0.29, 0.717) is 25.7 Å². The Hall–Kier alpha value is -2.48. The van der Waals surface area contributed by atoms with Crippen molar-refractivity contribution in [3.63, 3.8) is 0 Å². The van der Waals surface area contributed by atoms with E-state index in [0.717, 1.165) is 50.9 Å². The summed E-state index contributed by atoms with van der Waals surface area (Å²) < 4.78 is 47.7. The molecule has 16 heteroatoms. The van der Waals surface area contributed by atoms with Crippen molar-refractivity contribution in [2.75, 3.05) is 26.4 Å². The van der Waals surface area contributed by atoms with Gasteiger partial charge in [0.25, 0.3) is 0 Å². The van der Waals surface area contributed by atoms with Gasteiger partial charge in [-0.05, 0) is 50.9 Å². The van der Waals surface area contributed by atoms with E-state index in [1.807, 2.05) is 54.7 Å². The Balaban J connectivity index is 4.67. The topological polar surface area (TPSA) is 216 Å². The number of phosphoric acid groups is 2. The first-order chi connectivity index (χ1) is 29.2. The molecule has 14 nitrogen and oxygen atoms in total. The van der Waals surface area contributed by atoms with Crippen molar-refractivity contribution in [3.8, 4) is 0 Å². The number of carbonyl (C=O) groups is 2. The maximum Gasteiger partial charge on any atom is 0.472 e. The van der Waals surface area contributed by atoms with Gasteiger partial charge in [-0.3, -0.25) is 23.2 Å². The van der Waals surface area contributed by atoms with Gasteiger partial charge in [0.05, 0.1) is 25.9 Å². The van der Waals surface area contributed by atoms with Crippen LogP contribution >= 0.6 is 15.6 Å². The molecule has 5 N–H and O–H groups in total. The predicted octanol–water partition coefficient (Wildman–Crippen LogP) is 10.2. The van der Waals surface area contributed by atoms with Crippen LogP contribution in [0, 0.1) is 5.92 Å². The molecule has 0 fully saturated rings. The predicted molar refractivity (Wildman–Crippen MR) is 240 cm³/mol. The lowest BCUT2D eigenvalue weighted by Gasteiger charge is -2.20. The van der Waals surface area contributed by atoms with Gasteiger partial charge in [0.2, 0.25) is 0 Å². The third-order valence-electron chi connectivity index (χ3n) is 9.23. The fraction of sp³-hybridized carbons (Fsp3) is 0.689. The van der Waals surface area contributed by atoms with E-state index in [4.69, 9.17) is 23.8 Å². The highest BCUT2D eigenvalue weighted by Gasteiger charge is 2.28. The first kappa shape index (κ1) is 58.5. The van der Waals surface area contributed by atoms with Crippen molar-refractivity contribution in [2.45, 2.75) is 167 Å². The van der Waals surface area contributed by atoms with Crippen LogP contribution in [0.4, 0.5) is 0 Å². The van der Waals surface area contributed by atoms with E-state index in [1.54, 1.807) is 6.08 Å². The molecule has 0 aliphatic rings. The third-order valence-corrected chi connectivity index (χ3v) is 10.7. The number of aliphatic hydroxyl groups is 2. The molecular weight excluding hydrogens is 826 g/mol. The molecule has 0 saturated heterocycles. The number of ether oxygens (including phenoxy) is 2.